The van der Waals surface area contributed by atoms with Crippen LogP contribution in [0, 0.1) is 10.1 Å². The lowest BCUT2D eigenvalue weighted by Crippen LogP contribution is -2.40. The number of nitrogens with zero attached hydrogens (tertiary/aromatic N) is 3. The van der Waals surface area contributed by atoms with Crippen LogP contribution >= 0.6 is 0 Å². The Balaban J connectivity index is 1.72. The average Bonchev–Trinajstić information content (AvgIpc) is 3.35. The van der Waals surface area contributed by atoms with Gasteiger partial charge in [-0.15, -0.1) is 0 Å². The van der Waals surface area contributed by atoms with Crippen LogP contribution in [0.4, 0.5) is 11.5 Å². The number of benzene rings is 1. The Hall–Kier alpha value is -4.21. The molecular formula is C21H18N4O6. The Morgan fingerprint density at radius 2 is 1.97 bits per heavy atom. The highest BCUT2D eigenvalue weighted by atomic mass is 16.6. The summed E-state index contributed by atoms with van der Waals surface area (Å²) in [7, 11) is 1.34. The normalized spacial score (nSPS) is 14.0. The highest BCUT2D eigenvalue weighted by Crippen LogP contribution is 2.29. The molecule has 0 bridgehead atoms. The molecule has 10 nitrogen and oxygen atoms in total. The third-order valence-corrected chi connectivity index (χ3v) is 4.97. The number of carbonyl (C=O) groups excluding carboxylic acids is 1. The van der Waals surface area contributed by atoms with Gasteiger partial charge in [-0.05, 0) is 18.6 Å². The summed E-state index contributed by atoms with van der Waals surface area (Å²) in [6.07, 6.45) is 2.08. The maximum Gasteiger partial charge on any atom is 0.332 e. The topological polar surface area (TPSA) is 129 Å². The van der Waals surface area contributed by atoms with Gasteiger partial charge in [0.1, 0.15) is 22.9 Å². The van der Waals surface area contributed by atoms with Gasteiger partial charge in [-0.3, -0.25) is 28.8 Å². The molecule has 31 heavy (non-hydrogen) atoms. The molecule has 0 unspecified atom stereocenters. The van der Waals surface area contributed by atoms with E-state index < -0.39 is 22.0 Å². The molecule has 1 aliphatic rings. The molecule has 4 rings (SSSR count). The molecule has 0 fully saturated rings. The number of allylic oxidation sites excluding steroid dienone is 1. The van der Waals surface area contributed by atoms with Crippen LogP contribution in [0.2, 0.25) is 0 Å². The second-order valence-electron chi connectivity index (χ2n) is 7.04. The smallest absolute Gasteiger partial charge is 0.332 e. The number of Topliss-reactive ketones (excluding diaryl/α,β-unsaturated/α-hetero) is 1. The number of carbonyl (C=O) groups is 1. The van der Waals surface area contributed by atoms with Gasteiger partial charge < -0.3 is 9.73 Å². The molecule has 1 aliphatic heterocycles. The largest absolute Gasteiger partial charge is 0.457 e. The molecule has 0 spiro atoms. The number of anilines is 1. The highest BCUT2D eigenvalue weighted by Gasteiger charge is 2.32. The summed E-state index contributed by atoms with van der Waals surface area (Å²) in [6.45, 7) is 2.23. The van der Waals surface area contributed by atoms with E-state index in [1.165, 1.54) is 29.8 Å². The number of nitro groups is 1. The zero-order valence-electron chi connectivity index (χ0n) is 16.7. The van der Waals surface area contributed by atoms with Crippen molar-refractivity contribution in [2.24, 2.45) is 7.05 Å². The molecule has 0 radical (unpaired) electrons. The van der Waals surface area contributed by atoms with Gasteiger partial charge in [0.05, 0.1) is 10.6 Å². The van der Waals surface area contributed by atoms with E-state index in [2.05, 4.69) is 5.32 Å². The van der Waals surface area contributed by atoms with Gasteiger partial charge >= 0.3 is 5.69 Å². The van der Waals surface area contributed by atoms with E-state index in [9.17, 15) is 24.5 Å². The summed E-state index contributed by atoms with van der Waals surface area (Å²) in [6, 6.07) is 9.22. The first-order chi connectivity index (χ1) is 14.8. The second-order valence-corrected chi connectivity index (χ2v) is 7.04. The predicted octanol–water partition coefficient (Wildman–Crippen LogP) is 2.77. The third-order valence-electron chi connectivity index (χ3n) is 4.97. The molecule has 158 valence electrons. The van der Waals surface area contributed by atoms with Crippen LogP contribution in [0.15, 0.2) is 56.1 Å². The zero-order chi connectivity index (χ0) is 22.3. The number of non-ortho nitro benzene ring substituents is 1. The molecule has 0 saturated carbocycles. The van der Waals surface area contributed by atoms with Gasteiger partial charge in [0.2, 0.25) is 5.78 Å². The standard InChI is InChI=1S/C21H18N4O6/c1-3-9-24-19-17(20(27)23(2)21(24)28)18(26)15(22-19)11-14-7-8-16(31-14)12-5-4-6-13(10-12)25(29)30/h4-8,10-11,22H,3,9H2,1-2H3/b15-11-. The van der Waals surface area contributed by atoms with Crippen molar-refractivity contribution >= 4 is 23.4 Å². The molecule has 2 aromatic heterocycles. The van der Waals surface area contributed by atoms with E-state index in [4.69, 9.17) is 4.42 Å². The monoisotopic (exact) mass is 422 g/mol. The van der Waals surface area contributed by atoms with E-state index in [1.54, 1.807) is 24.3 Å². The van der Waals surface area contributed by atoms with Crippen molar-refractivity contribution in [2.45, 2.75) is 19.9 Å². The van der Waals surface area contributed by atoms with Crippen LogP contribution in [0.3, 0.4) is 0 Å². The van der Waals surface area contributed by atoms with Crippen molar-refractivity contribution < 1.29 is 14.1 Å². The van der Waals surface area contributed by atoms with E-state index in [0.29, 0.717) is 30.0 Å². The number of ketones is 1. The number of aromatic nitrogens is 2. The van der Waals surface area contributed by atoms with Crippen molar-refractivity contribution in [3.63, 3.8) is 0 Å². The Kier molecular flexibility index (Phi) is 4.90. The minimum atomic E-state index is -0.662. The van der Waals surface area contributed by atoms with Crippen molar-refractivity contribution in [3.05, 3.63) is 84.4 Å². The summed E-state index contributed by atoms with van der Waals surface area (Å²) in [5, 5.41) is 13.9. The van der Waals surface area contributed by atoms with Crippen LogP contribution in [0.1, 0.15) is 29.5 Å². The quantitative estimate of drug-likeness (QED) is 0.380. The van der Waals surface area contributed by atoms with Crippen LogP contribution in [-0.2, 0) is 13.6 Å². The molecule has 0 atom stereocenters. The zero-order valence-corrected chi connectivity index (χ0v) is 16.7. The van der Waals surface area contributed by atoms with E-state index in [-0.39, 0.29) is 22.8 Å². The van der Waals surface area contributed by atoms with E-state index in [1.807, 2.05) is 6.92 Å². The SMILES string of the molecule is CCCn1c2c(c(=O)n(C)c1=O)C(=O)/C(=C/c1ccc(-c3cccc([N+](=O)[O-])c3)o1)N2. The highest BCUT2D eigenvalue weighted by molar-refractivity contribution is 6.19. The molecule has 3 heterocycles. The molecule has 10 heteroatoms. The fourth-order valence-corrected chi connectivity index (χ4v) is 3.45. The number of fused-ring (bicyclic) bond motifs is 1. The number of nitrogens with one attached hydrogen (secondary N) is 1. The van der Waals surface area contributed by atoms with Gasteiger partial charge in [-0.2, -0.15) is 0 Å². The lowest BCUT2D eigenvalue weighted by atomic mass is 10.1. The van der Waals surface area contributed by atoms with Crippen LogP contribution in [0.25, 0.3) is 17.4 Å². The Bertz CT molecular complexity index is 1380. The fraction of sp³-hybridized carbons (Fsp3) is 0.190. The van der Waals surface area contributed by atoms with E-state index >= 15 is 0 Å². The Morgan fingerprint density at radius 1 is 1.19 bits per heavy atom. The fourth-order valence-electron chi connectivity index (χ4n) is 3.45. The minimum Gasteiger partial charge on any atom is -0.457 e. The maximum absolute atomic E-state index is 12.9. The first-order valence-electron chi connectivity index (χ1n) is 9.53. The summed E-state index contributed by atoms with van der Waals surface area (Å²) in [4.78, 5) is 48.3. The van der Waals surface area contributed by atoms with Gasteiger partial charge in [0.15, 0.2) is 0 Å². The van der Waals surface area contributed by atoms with Crippen LogP contribution in [-0.4, -0.2) is 19.8 Å². The number of hydrogen-bond donors (Lipinski definition) is 1. The van der Waals surface area contributed by atoms with Crippen LogP contribution < -0.4 is 16.6 Å². The lowest BCUT2D eigenvalue weighted by molar-refractivity contribution is -0.384. The van der Waals surface area contributed by atoms with Gasteiger partial charge in [-0.25, -0.2) is 4.79 Å². The number of hydrogen-bond acceptors (Lipinski definition) is 7. The summed E-state index contributed by atoms with van der Waals surface area (Å²) >= 11 is 0. The first kappa shape index (κ1) is 20.1. The minimum absolute atomic E-state index is 0.0679. The molecule has 1 N–H and O–H groups in total. The molecular weight excluding hydrogens is 404 g/mol. The molecule has 0 amide bonds. The predicted molar refractivity (Wildman–Crippen MR) is 113 cm³/mol. The van der Waals surface area contributed by atoms with Crippen molar-refractivity contribution in [1.82, 2.24) is 9.13 Å². The average molecular weight is 422 g/mol. The van der Waals surface area contributed by atoms with Gasteiger partial charge in [0.25, 0.3) is 11.2 Å². The summed E-state index contributed by atoms with van der Waals surface area (Å²) in [5.74, 6) is 0.342. The number of nitro benzene ring substituents is 1. The second kappa shape index (κ2) is 7.56. The molecule has 3 aromatic rings. The van der Waals surface area contributed by atoms with Crippen molar-refractivity contribution in [1.29, 1.82) is 0 Å². The maximum atomic E-state index is 12.9. The number of rotatable bonds is 5. The Morgan fingerprint density at radius 3 is 2.68 bits per heavy atom. The summed E-state index contributed by atoms with van der Waals surface area (Å²) in [5.41, 5.74) is -0.710. The lowest BCUT2D eigenvalue weighted by Gasteiger charge is -2.11. The number of furan rings is 1. The van der Waals surface area contributed by atoms with Gasteiger partial charge in [0, 0.05) is 37.4 Å². The first-order valence-corrected chi connectivity index (χ1v) is 9.53. The van der Waals surface area contributed by atoms with Crippen molar-refractivity contribution in [3.8, 4) is 11.3 Å². The molecule has 1 aromatic carbocycles. The summed E-state index contributed by atoms with van der Waals surface area (Å²) < 4.78 is 8.01. The van der Waals surface area contributed by atoms with Gasteiger partial charge in [-0.1, -0.05) is 19.1 Å². The van der Waals surface area contributed by atoms with E-state index in [0.717, 1.165) is 4.57 Å². The third kappa shape index (κ3) is 3.37. The molecule has 0 saturated heterocycles. The molecule has 0 aliphatic carbocycles. The van der Waals surface area contributed by atoms with Crippen LogP contribution in [0.5, 0.6) is 0 Å². The van der Waals surface area contributed by atoms with Crippen molar-refractivity contribution in [2.75, 3.05) is 5.32 Å². The Labute approximate surface area is 175 Å².